The largest absolute Gasteiger partial charge is 0.319 e. The molecule has 9 aromatic rings. The normalized spacial score (nSPS) is 18.2. The zero-order valence-electron chi connectivity index (χ0n) is 35.7. The Bertz CT molecular complexity index is 3140. The minimum atomic E-state index is -2.43. The second-order valence-corrected chi connectivity index (χ2v) is 21.1. The molecule has 2 bridgehead atoms. The van der Waals surface area contributed by atoms with Crippen LogP contribution in [0.4, 0.5) is 0 Å². The fraction of sp³-hybridized carbons (Fsp3) is 0.155. The average molecular weight is 834 g/mol. The van der Waals surface area contributed by atoms with Gasteiger partial charge in [0.05, 0.1) is 0 Å². The molecular formula is C58H48N3OP. The standard InChI is InChI=1S/C58H48N3OP/c1-63(2,62)54-36-35-51(52-15-9-10-16-53(52)54)44-26-31-48(32-27-44)58(38-39-17-30-50(58)37-39)49-33-28-47(29-34-49)57-60-55(45-13-7-4-8-14-45)59-56(61-57)46-24-22-43(23-25-46)42-20-18-41(19-21-42)40-11-5-3-6-12-40/h3-16,18-29,31-36,39,50H,17,30,37-38H2,1-2H3. The lowest BCUT2D eigenvalue weighted by atomic mass is 9.64. The third kappa shape index (κ3) is 7.23. The maximum atomic E-state index is 13.2. The Morgan fingerprint density at radius 1 is 0.429 bits per heavy atom. The minimum absolute atomic E-state index is 0.0496. The second-order valence-electron chi connectivity index (χ2n) is 17.9. The topological polar surface area (TPSA) is 55.7 Å². The average Bonchev–Trinajstić information content (AvgIpc) is 3.97. The molecule has 1 heterocycles. The molecule has 0 amide bonds. The first-order valence-corrected chi connectivity index (χ1v) is 24.8. The summed E-state index contributed by atoms with van der Waals surface area (Å²) in [5.41, 5.74) is 12.7. The van der Waals surface area contributed by atoms with Crippen LogP contribution in [0, 0.1) is 11.8 Å². The van der Waals surface area contributed by atoms with Crippen LogP contribution in [0.1, 0.15) is 36.8 Å². The zero-order valence-corrected chi connectivity index (χ0v) is 36.5. The Labute approximate surface area is 370 Å². The van der Waals surface area contributed by atoms with Crippen molar-refractivity contribution in [2.24, 2.45) is 11.8 Å². The van der Waals surface area contributed by atoms with Crippen LogP contribution in [-0.4, -0.2) is 28.3 Å². The molecule has 8 aromatic carbocycles. The van der Waals surface area contributed by atoms with Gasteiger partial charge in [-0.3, -0.25) is 0 Å². The summed E-state index contributed by atoms with van der Waals surface area (Å²) in [6.45, 7) is 3.72. The van der Waals surface area contributed by atoms with Crippen molar-refractivity contribution in [2.45, 2.75) is 31.1 Å². The fourth-order valence-electron chi connectivity index (χ4n) is 10.7. The number of hydrogen-bond acceptors (Lipinski definition) is 4. The number of rotatable bonds is 9. The van der Waals surface area contributed by atoms with Gasteiger partial charge in [-0.25, -0.2) is 15.0 Å². The molecule has 0 spiro atoms. The second kappa shape index (κ2) is 15.9. The van der Waals surface area contributed by atoms with Gasteiger partial charge in [0.1, 0.15) is 7.14 Å². The van der Waals surface area contributed by atoms with Crippen LogP contribution >= 0.6 is 7.14 Å². The van der Waals surface area contributed by atoms with E-state index >= 15 is 0 Å². The Balaban J connectivity index is 0.921. The quantitative estimate of drug-likeness (QED) is 0.136. The van der Waals surface area contributed by atoms with E-state index < -0.39 is 7.14 Å². The molecule has 63 heavy (non-hydrogen) atoms. The Morgan fingerprint density at radius 2 is 0.841 bits per heavy atom. The van der Waals surface area contributed by atoms with Crippen molar-refractivity contribution in [3.63, 3.8) is 0 Å². The lowest BCUT2D eigenvalue weighted by Crippen LogP contribution is -2.34. The van der Waals surface area contributed by atoms with Crippen LogP contribution in [0.2, 0.25) is 0 Å². The molecule has 2 aliphatic carbocycles. The maximum absolute atomic E-state index is 13.2. The van der Waals surface area contributed by atoms with Gasteiger partial charge in [-0.1, -0.05) is 201 Å². The first-order valence-electron chi connectivity index (χ1n) is 22.2. The van der Waals surface area contributed by atoms with E-state index in [0.717, 1.165) is 56.2 Å². The van der Waals surface area contributed by atoms with Gasteiger partial charge in [0.25, 0.3) is 0 Å². The lowest BCUT2D eigenvalue weighted by molar-refractivity contribution is 0.320. The monoisotopic (exact) mass is 833 g/mol. The van der Waals surface area contributed by atoms with Crippen molar-refractivity contribution in [2.75, 3.05) is 13.3 Å². The maximum Gasteiger partial charge on any atom is 0.164 e. The van der Waals surface area contributed by atoms with Crippen LogP contribution in [0.25, 0.3) is 78.3 Å². The molecule has 3 unspecified atom stereocenters. The third-order valence-corrected chi connectivity index (χ3v) is 15.4. The van der Waals surface area contributed by atoms with Gasteiger partial charge in [-0.05, 0) is 99.7 Å². The summed E-state index contributed by atoms with van der Waals surface area (Å²) in [6.07, 6.45) is 5.01. The van der Waals surface area contributed by atoms with Gasteiger partial charge in [-0.2, -0.15) is 0 Å². The van der Waals surface area contributed by atoms with E-state index in [9.17, 15) is 4.57 Å². The molecular weight excluding hydrogens is 786 g/mol. The lowest BCUT2D eigenvalue weighted by Gasteiger charge is -2.39. The first-order chi connectivity index (χ1) is 30.8. The van der Waals surface area contributed by atoms with Crippen LogP contribution in [0.15, 0.2) is 194 Å². The van der Waals surface area contributed by atoms with Crippen molar-refractivity contribution < 1.29 is 4.57 Å². The molecule has 0 N–H and O–H groups in total. The van der Waals surface area contributed by atoms with Crippen molar-refractivity contribution in [3.8, 4) is 67.5 Å². The summed E-state index contributed by atoms with van der Waals surface area (Å²) in [7, 11) is -2.43. The summed E-state index contributed by atoms with van der Waals surface area (Å²) >= 11 is 0. The molecule has 0 aliphatic heterocycles. The molecule has 0 radical (unpaired) electrons. The Morgan fingerprint density at radius 3 is 1.32 bits per heavy atom. The highest BCUT2D eigenvalue weighted by atomic mass is 31.2. The number of fused-ring (bicyclic) bond motifs is 3. The summed E-state index contributed by atoms with van der Waals surface area (Å²) in [6, 6.07) is 69.1. The van der Waals surface area contributed by atoms with Gasteiger partial charge in [-0.15, -0.1) is 0 Å². The van der Waals surface area contributed by atoms with Gasteiger partial charge in [0.2, 0.25) is 0 Å². The summed E-state index contributed by atoms with van der Waals surface area (Å²) in [5.74, 6) is 3.31. The van der Waals surface area contributed by atoms with Gasteiger partial charge in [0.15, 0.2) is 17.5 Å². The molecule has 1 aromatic heterocycles. The van der Waals surface area contributed by atoms with Crippen molar-refractivity contribution in [1.82, 2.24) is 15.0 Å². The van der Waals surface area contributed by atoms with E-state index in [4.69, 9.17) is 15.0 Å². The van der Waals surface area contributed by atoms with Crippen LogP contribution in [0.3, 0.4) is 0 Å². The highest BCUT2D eigenvalue weighted by molar-refractivity contribution is 7.70. The van der Waals surface area contributed by atoms with E-state index in [1.54, 1.807) is 0 Å². The molecule has 4 nitrogen and oxygen atoms in total. The summed E-state index contributed by atoms with van der Waals surface area (Å²) in [5, 5.41) is 3.18. The van der Waals surface area contributed by atoms with Crippen LogP contribution < -0.4 is 5.30 Å². The molecule has 0 saturated heterocycles. The summed E-state index contributed by atoms with van der Waals surface area (Å²) < 4.78 is 13.2. The van der Waals surface area contributed by atoms with E-state index in [1.807, 2.05) is 43.7 Å². The van der Waals surface area contributed by atoms with Crippen molar-refractivity contribution >= 4 is 23.2 Å². The van der Waals surface area contributed by atoms with Gasteiger partial charge in [0, 0.05) is 27.4 Å². The zero-order chi connectivity index (χ0) is 42.5. The number of hydrogen-bond donors (Lipinski definition) is 0. The fourth-order valence-corrected chi connectivity index (χ4v) is 11.9. The predicted molar refractivity (Wildman–Crippen MR) is 262 cm³/mol. The Hall–Kier alpha value is -6.74. The Kier molecular flexibility index (Phi) is 9.86. The third-order valence-electron chi connectivity index (χ3n) is 13.8. The molecule has 2 aliphatic rings. The number of nitrogens with zero attached hydrogens (tertiary/aromatic N) is 3. The molecule has 306 valence electrons. The van der Waals surface area contributed by atoms with Crippen molar-refractivity contribution in [1.29, 1.82) is 0 Å². The van der Waals surface area contributed by atoms with E-state index in [1.165, 1.54) is 52.6 Å². The molecule has 2 saturated carbocycles. The molecule has 3 atom stereocenters. The van der Waals surface area contributed by atoms with Gasteiger partial charge < -0.3 is 4.57 Å². The van der Waals surface area contributed by atoms with Crippen molar-refractivity contribution in [3.05, 3.63) is 205 Å². The minimum Gasteiger partial charge on any atom is -0.319 e. The summed E-state index contributed by atoms with van der Waals surface area (Å²) in [4.78, 5) is 15.2. The number of benzene rings is 8. The number of aromatic nitrogens is 3. The van der Waals surface area contributed by atoms with Crippen LogP contribution in [-0.2, 0) is 9.98 Å². The SMILES string of the molecule is CP(C)(=O)c1ccc(-c2ccc(C3(c4ccc(-c5nc(-c6ccccc6)nc(-c6ccc(-c7ccc(-c8ccccc8)cc7)cc6)n5)cc4)CC4CCC3C4)cc2)c2ccccc12. The molecule has 11 rings (SSSR count). The van der Waals surface area contributed by atoms with Crippen LogP contribution in [0.5, 0.6) is 0 Å². The first kappa shape index (κ1) is 39.1. The predicted octanol–water partition coefficient (Wildman–Crippen LogP) is 14.4. The smallest absolute Gasteiger partial charge is 0.164 e. The highest BCUT2D eigenvalue weighted by Crippen LogP contribution is 2.60. The van der Waals surface area contributed by atoms with E-state index in [0.29, 0.717) is 23.4 Å². The highest BCUT2D eigenvalue weighted by Gasteiger charge is 2.52. The molecule has 5 heteroatoms. The van der Waals surface area contributed by atoms with E-state index in [2.05, 4.69) is 164 Å². The molecule has 2 fully saturated rings. The van der Waals surface area contributed by atoms with Gasteiger partial charge >= 0.3 is 0 Å². The van der Waals surface area contributed by atoms with E-state index in [-0.39, 0.29) is 5.41 Å².